The van der Waals surface area contributed by atoms with Gasteiger partial charge in [0.2, 0.25) is 5.91 Å². The van der Waals surface area contributed by atoms with Gasteiger partial charge in [0.05, 0.1) is 17.8 Å². The maximum Gasteiger partial charge on any atom is 0.241 e. The molecule has 0 bridgehead atoms. The van der Waals surface area contributed by atoms with Gasteiger partial charge in [0.15, 0.2) is 0 Å². The molecule has 1 N–H and O–H groups in total. The number of ether oxygens (including phenoxy) is 1. The van der Waals surface area contributed by atoms with Crippen LogP contribution in [-0.4, -0.2) is 60.8 Å². The second-order valence-electron chi connectivity index (χ2n) is 8.60. The molecule has 8 heteroatoms. The van der Waals surface area contributed by atoms with Crippen LogP contribution in [0, 0.1) is 0 Å². The Morgan fingerprint density at radius 1 is 1.15 bits per heavy atom. The Hall–Kier alpha value is -3.16. The predicted octanol–water partition coefficient (Wildman–Crippen LogP) is 4.34. The normalized spacial score (nSPS) is 14.8. The van der Waals surface area contributed by atoms with Gasteiger partial charge in [-0.25, -0.2) is 5.43 Å². The standard InChI is InChI=1S/C26H30ClN5O2/c1-19(2)34-22-6-3-20(4-7-22)18-29-30-26(33)10-12-31-13-15-32(16-14-31)25-9-11-28-24-17-21(27)5-8-23(24)25/h3-9,11,17-19H,10,12-16H2,1-2H3,(H,30,33)/b29-18+. The zero-order chi connectivity index (χ0) is 23.9. The maximum atomic E-state index is 12.2. The number of halogens is 1. The van der Waals surface area contributed by atoms with Gasteiger partial charge in [0, 0.05) is 61.4 Å². The second kappa shape index (κ2) is 11.3. The van der Waals surface area contributed by atoms with Crippen LogP contribution < -0.4 is 15.1 Å². The van der Waals surface area contributed by atoms with Crippen molar-refractivity contribution in [2.24, 2.45) is 5.10 Å². The molecule has 178 valence electrons. The molecule has 1 saturated heterocycles. The number of nitrogens with one attached hydrogen (secondary N) is 1. The van der Waals surface area contributed by atoms with Crippen molar-refractivity contribution in [2.45, 2.75) is 26.4 Å². The lowest BCUT2D eigenvalue weighted by molar-refractivity contribution is -0.121. The monoisotopic (exact) mass is 479 g/mol. The summed E-state index contributed by atoms with van der Waals surface area (Å²) in [6.07, 6.45) is 4.02. The lowest BCUT2D eigenvalue weighted by Crippen LogP contribution is -2.47. The highest BCUT2D eigenvalue weighted by molar-refractivity contribution is 6.31. The summed E-state index contributed by atoms with van der Waals surface area (Å²) in [5, 5.41) is 5.88. The van der Waals surface area contributed by atoms with Crippen LogP contribution >= 0.6 is 11.6 Å². The van der Waals surface area contributed by atoms with Crippen LogP contribution in [-0.2, 0) is 4.79 Å². The average Bonchev–Trinajstić information content (AvgIpc) is 2.83. The molecule has 4 rings (SSSR count). The first-order valence-corrected chi connectivity index (χ1v) is 12.0. The minimum atomic E-state index is -0.0875. The molecule has 0 atom stereocenters. The van der Waals surface area contributed by atoms with E-state index in [4.69, 9.17) is 16.3 Å². The number of hydrogen-bond acceptors (Lipinski definition) is 6. The quantitative estimate of drug-likeness (QED) is 0.384. The molecule has 0 aliphatic carbocycles. The van der Waals surface area contributed by atoms with Crippen molar-refractivity contribution in [2.75, 3.05) is 37.6 Å². The summed E-state index contributed by atoms with van der Waals surface area (Å²) in [7, 11) is 0. The summed E-state index contributed by atoms with van der Waals surface area (Å²) in [6.45, 7) is 8.30. The van der Waals surface area contributed by atoms with Gasteiger partial charge in [-0.2, -0.15) is 5.10 Å². The van der Waals surface area contributed by atoms with E-state index in [1.165, 1.54) is 5.69 Å². The number of hydrazone groups is 1. The summed E-state index contributed by atoms with van der Waals surface area (Å²) in [6, 6.07) is 15.5. The highest BCUT2D eigenvalue weighted by Crippen LogP contribution is 2.28. The van der Waals surface area contributed by atoms with Crippen LogP contribution in [0.1, 0.15) is 25.8 Å². The number of pyridine rings is 1. The molecule has 2 heterocycles. The minimum Gasteiger partial charge on any atom is -0.491 e. The van der Waals surface area contributed by atoms with E-state index in [2.05, 4.69) is 31.4 Å². The zero-order valence-electron chi connectivity index (χ0n) is 19.6. The molecule has 3 aromatic rings. The number of fused-ring (bicyclic) bond motifs is 1. The van der Waals surface area contributed by atoms with Crippen LogP contribution in [0.5, 0.6) is 5.75 Å². The van der Waals surface area contributed by atoms with E-state index in [1.807, 2.05) is 62.5 Å². The highest BCUT2D eigenvalue weighted by Gasteiger charge is 2.19. The molecule has 2 aromatic carbocycles. The highest BCUT2D eigenvalue weighted by atomic mass is 35.5. The number of amides is 1. The molecule has 7 nitrogen and oxygen atoms in total. The van der Waals surface area contributed by atoms with Crippen LogP contribution in [0.4, 0.5) is 5.69 Å². The van der Waals surface area contributed by atoms with E-state index in [0.717, 1.165) is 48.4 Å². The molecule has 1 aromatic heterocycles. The molecule has 0 unspecified atom stereocenters. The Kier molecular flexibility index (Phi) is 7.98. The van der Waals surface area contributed by atoms with Gasteiger partial charge in [-0.05, 0) is 67.9 Å². The fourth-order valence-corrected chi connectivity index (χ4v) is 4.16. The first kappa shape index (κ1) is 24.0. The van der Waals surface area contributed by atoms with Crippen molar-refractivity contribution >= 4 is 40.3 Å². The fourth-order valence-electron chi connectivity index (χ4n) is 3.99. The molecule has 0 spiro atoms. The van der Waals surface area contributed by atoms with Gasteiger partial charge < -0.3 is 9.64 Å². The number of nitrogens with zero attached hydrogens (tertiary/aromatic N) is 4. The number of benzene rings is 2. The number of anilines is 1. The van der Waals surface area contributed by atoms with Gasteiger partial charge in [0.25, 0.3) is 0 Å². The van der Waals surface area contributed by atoms with E-state index < -0.39 is 0 Å². The third-order valence-electron chi connectivity index (χ3n) is 5.70. The summed E-state index contributed by atoms with van der Waals surface area (Å²) >= 11 is 6.11. The van der Waals surface area contributed by atoms with E-state index in [9.17, 15) is 4.79 Å². The van der Waals surface area contributed by atoms with E-state index in [-0.39, 0.29) is 12.0 Å². The van der Waals surface area contributed by atoms with Crippen molar-refractivity contribution < 1.29 is 9.53 Å². The van der Waals surface area contributed by atoms with Gasteiger partial charge >= 0.3 is 0 Å². The predicted molar refractivity (Wildman–Crippen MR) is 138 cm³/mol. The van der Waals surface area contributed by atoms with Gasteiger partial charge in [0.1, 0.15) is 5.75 Å². The molecule has 34 heavy (non-hydrogen) atoms. The number of hydrogen-bond donors (Lipinski definition) is 1. The van der Waals surface area contributed by atoms with Crippen LogP contribution in [0.25, 0.3) is 10.9 Å². The summed E-state index contributed by atoms with van der Waals surface area (Å²) in [5.41, 5.74) is 5.61. The summed E-state index contributed by atoms with van der Waals surface area (Å²) in [5.74, 6) is 0.730. The van der Waals surface area contributed by atoms with E-state index >= 15 is 0 Å². The molecule has 1 amide bonds. The van der Waals surface area contributed by atoms with Crippen molar-refractivity contribution in [1.82, 2.24) is 15.3 Å². The number of rotatable bonds is 8. The lowest BCUT2D eigenvalue weighted by Gasteiger charge is -2.36. The number of carbonyl (C=O) groups is 1. The Bertz CT molecular complexity index is 1140. The average molecular weight is 480 g/mol. The minimum absolute atomic E-state index is 0.0875. The summed E-state index contributed by atoms with van der Waals surface area (Å²) in [4.78, 5) is 21.3. The smallest absolute Gasteiger partial charge is 0.241 e. The molecule has 0 radical (unpaired) electrons. The third-order valence-corrected chi connectivity index (χ3v) is 5.94. The van der Waals surface area contributed by atoms with Gasteiger partial charge in [-0.15, -0.1) is 0 Å². The SMILES string of the molecule is CC(C)Oc1ccc(/C=N/NC(=O)CCN2CCN(c3ccnc4cc(Cl)ccc34)CC2)cc1. The molecular formula is C26H30ClN5O2. The fraction of sp³-hybridized carbons (Fsp3) is 0.346. The first-order valence-electron chi connectivity index (χ1n) is 11.6. The van der Waals surface area contributed by atoms with E-state index in [1.54, 1.807) is 6.21 Å². The Morgan fingerprint density at radius 2 is 1.91 bits per heavy atom. The molecule has 1 aliphatic rings. The van der Waals surface area contributed by atoms with Gasteiger partial charge in [-0.1, -0.05) is 11.6 Å². The molecule has 1 fully saturated rings. The van der Waals surface area contributed by atoms with Crippen LogP contribution in [0.15, 0.2) is 59.8 Å². The van der Waals surface area contributed by atoms with Crippen molar-refractivity contribution in [1.29, 1.82) is 0 Å². The topological polar surface area (TPSA) is 70.1 Å². The van der Waals surface area contributed by atoms with E-state index in [0.29, 0.717) is 18.0 Å². The van der Waals surface area contributed by atoms with Crippen LogP contribution in [0.2, 0.25) is 5.02 Å². The molecular weight excluding hydrogens is 450 g/mol. The Morgan fingerprint density at radius 3 is 2.65 bits per heavy atom. The number of piperazine rings is 1. The molecule has 1 aliphatic heterocycles. The zero-order valence-corrected chi connectivity index (χ0v) is 20.3. The largest absolute Gasteiger partial charge is 0.491 e. The van der Waals surface area contributed by atoms with Crippen molar-refractivity contribution in [3.05, 3.63) is 65.3 Å². The van der Waals surface area contributed by atoms with Crippen molar-refractivity contribution in [3.8, 4) is 5.75 Å². The van der Waals surface area contributed by atoms with Crippen molar-refractivity contribution in [3.63, 3.8) is 0 Å². The number of aromatic nitrogens is 1. The first-order chi connectivity index (χ1) is 16.5. The maximum absolute atomic E-state index is 12.2. The number of carbonyl (C=O) groups excluding carboxylic acids is 1. The van der Waals surface area contributed by atoms with Crippen LogP contribution in [0.3, 0.4) is 0 Å². The Labute approximate surface area is 205 Å². The molecule has 0 saturated carbocycles. The Balaban J connectivity index is 1.21. The third kappa shape index (κ3) is 6.46. The second-order valence-corrected chi connectivity index (χ2v) is 9.04. The summed E-state index contributed by atoms with van der Waals surface area (Å²) < 4.78 is 5.63. The van der Waals surface area contributed by atoms with Gasteiger partial charge in [-0.3, -0.25) is 14.7 Å². The lowest BCUT2D eigenvalue weighted by atomic mass is 10.1.